The molecular weight excluding hydrogens is 414 g/mol. The van der Waals surface area contributed by atoms with Crippen molar-refractivity contribution in [1.29, 1.82) is 0 Å². The second-order valence-electron chi connectivity index (χ2n) is 8.40. The summed E-state index contributed by atoms with van der Waals surface area (Å²) in [5, 5.41) is 2.88. The first kappa shape index (κ1) is 22.4. The summed E-state index contributed by atoms with van der Waals surface area (Å²) in [5.74, 6) is 1.41. The minimum Gasteiger partial charge on any atom is -0.457 e. The van der Waals surface area contributed by atoms with Gasteiger partial charge in [-0.15, -0.1) is 0 Å². The quantitative estimate of drug-likeness (QED) is 0.550. The second kappa shape index (κ2) is 10.2. The van der Waals surface area contributed by atoms with Gasteiger partial charge in [0.15, 0.2) is 0 Å². The van der Waals surface area contributed by atoms with E-state index in [1.165, 1.54) is 6.08 Å². The molecule has 6 nitrogen and oxygen atoms in total. The SMILES string of the molecule is CC(C)C(=O)N1CCN(c2ccc(NC(=O)/C=C/c3ccc(-c4ccccc4)o3)cc2)CC1. The molecule has 2 amide bonds. The molecule has 1 saturated heterocycles. The number of carbonyl (C=O) groups is 2. The zero-order valence-electron chi connectivity index (χ0n) is 19.0. The third-order valence-electron chi connectivity index (χ3n) is 5.67. The fraction of sp³-hybridized carbons (Fsp3) is 0.259. The Hall–Kier alpha value is -3.80. The van der Waals surface area contributed by atoms with Crippen LogP contribution in [-0.2, 0) is 9.59 Å². The van der Waals surface area contributed by atoms with Crippen LogP contribution in [0, 0.1) is 5.92 Å². The van der Waals surface area contributed by atoms with E-state index in [4.69, 9.17) is 4.42 Å². The normalized spacial score (nSPS) is 14.2. The molecule has 4 rings (SSSR count). The Labute approximate surface area is 194 Å². The Morgan fingerprint density at radius 1 is 0.909 bits per heavy atom. The van der Waals surface area contributed by atoms with Crippen molar-refractivity contribution in [1.82, 2.24) is 4.90 Å². The standard InChI is InChI=1S/C27H29N3O3/c1-20(2)27(32)30-18-16-29(17-19-30)23-10-8-22(9-11-23)28-26(31)15-13-24-12-14-25(33-24)21-6-4-3-5-7-21/h3-15,20H,16-19H2,1-2H3,(H,28,31)/b15-13+. The lowest BCUT2D eigenvalue weighted by Gasteiger charge is -2.37. The minimum atomic E-state index is -0.221. The highest BCUT2D eigenvalue weighted by atomic mass is 16.3. The van der Waals surface area contributed by atoms with Gasteiger partial charge in [0, 0.05) is 55.1 Å². The summed E-state index contributed by atoms with van der Waals surface area (Å²) in [6.45, 7) is 6.96. The Kier molecular flexibility index (Phi) is 6.93. The van der Waals surface area contributed by atoms with E-state index in [2.05, 4.69) is 10.2 Å². The molecule has 0 saturated carbocycles. The summed E-state index contributed by atoms with van der Waals surface area (Å²) >= 11 is 0. The van der Waals surface area contributed by atoms with E-state index in [1.54, 1.807) is 6.08 Å². The van der Waals surface area contributed by atoms with Crippen molar-refractivity contribution in [3.8, 4) is 11.3 Å². The molecule has 2 aromatic carbocycles. The summed E-state index contributed by atoms with van der Waals surface area (Å²) in [6, 6.07) is 21.4. The zero-order chi connectivity index (χ0) is 23.2. The van der Waals surface area contributed by atoms with Crippen LogP contribution in [0.25, 0.3) is 17.4 Å². The molecule has 0 bridgehead atoms. The van der Waals surface area contributed by atoms with E-state index in [0.29, 0.717) is 5.76 Å². The third kappa shape index (κ3) is 5.71. The van der Waals surface area contributed by atoms with Gasteiger partial charge in [-0.25, -0.2) is 0 Å². The van der Waals surface area contributed by atoms with Gasteiger partial charge in [0.2, 0.25) is 11.8 Å². The smallest absolute Gasteiger partial charge is 0.248 e. The lowest BCUT2D eigenvalue weighted by Crippen LogP contribution is -2.49. The highest BCUT2D eigenvalue weighted by Crippen LogP contribution is 2.23. The second-order valence-corrected chi connectivity index (χ2v) is 8.40. The maximum absolute atomic E-state index is 12.3. The van der Waals surface area contributed by atoms with Crippen LogP contribution in [0.15, 0.2) is 77.2 Å². The first-order valence-corrected chi connectivity index (χ1v) is 11.3. The fourth-order valence-corrected chi connectivity index (χ4v) is 3.85. The lowest BCUT2D eigenvalue weighted by molar-refractivity contribution is -0.134. The molecule has 0 aliphatic carbocycles. The maximum Gasteiger partial charge on any atom is 0.248 e. The minimum absolute atomic E-state index is 0.0344. The third-order valence-corrected chi connectivity index (χ3v) is 5.67. The number of nitrogens with zero attached hydrogens (tertiary/aromatic N) is 2. The van der Waals surface area contributed by atoms with Crippen molar-refractivity contribution in [2.45, 2.75) is 13.8 Å². The van der Waals surface area contributed by atoms with Crippen molar-refractivity contribution >= 4 is 29.3 Å². The Morgan fingerprint density at radius 3 is 2.27 bits per heavy atom. The van der Waals surface area contributed by atoms with Crippen LogP contribution >= 0.6 is 0 Å². The average molecular weight is 444 g/mol. The number of furan rings is 1. The summed E-state index contributed by atoms with van der Waals surface area (Å²) in [7, 11) is 0. The average Bonchev–Trinajstić information content (AvgIpc) is 3.33. The number of hydrogen-bond donors (Lipinski definition) is 1. The molecular formula is C27H29N3O3. The van der Waals surface area contributed by atoms with Crippen molar-refractivity contribution < 1.29 is 14.0 Å². The molecule has 0 atom stereocenters. The summed E-state index contributed by atoms with van der Waals surface area (Å²) in [6.07, 6.45) is 3.13. The van der Waals surface area contributed by atoms with Crippen molar-refractivity contribution in [3.05, 3.63) is 78.6 Å². The largest absolute Gasteiger partial charge is 0.457 e. The molecule has 0 radical (unpaired) electrons. The van der Waals surface area contributed by atoms with Gasteiger partial charge >= 0.3 is 0 Å². The van der Waals surface area contributed by atoms with Gasteiger partial charge in [-0.2, -0.15) is 0 Å². The number of piperazine rings is 1. The molecule has 170 valence electrons. The molecule has 0 unspecified atom stereocenters. The van der Waals surface area contributed by atoms with Crippen LogP contribution in [0.3, 0.4) is 0 Å². The molecule has 1 aromatic heterocycles. The first-order chi connectivity index (χ1) is 16.0. The van der Waals surface area contributed by atoms with Crippen molar-refractivity contribution in [2.75, 3.05) is 36.4 Å². The molecule has 1 fully saturated rings. The monoisotopic (exact) mass is 443 g/mol. The highest BCUT2D eigenvalue weighted by molar-refractivity contribution is 6.01. The lowest BCUT2D eigenvalue weighted by atomic mass is 10.1. The van der Waals surface area contributed by atoms with E-state index in [1.807, 2.05) is 85.5 Å². The van der Waals surface area contributed by atoms with Gasteiger partial charge in [0.25, 0.3) is 0 Å². The van der Waals surface area contributed by atoms with Gasteiger partial charge in [0.1, 0.15) is 11.5 Å². The van der Waals surface area contributed by atoms with Crippen LogP contribution < -0.4 is 10.2 Å². The van der Waals surface area contributed by atoms with Crippen LogP contribution in [0.1, 0.15) is 19.6 Å². The van der Waals surface area contributed by atoms with Gasteiger partial charge in [-0.05, 0) is 42.5 Å². The van der Waals surface area contributed by atoms with Crippen LogP contribution in [0.2, 0.25) is 0 Å². The highest BCUT2D eigenvalue weighted by Gasteiger charge is 2.22. The molecule has 3 aromatic rings. The number of nitrogens with one attached hydrogen (secondary N) is 1. The van der Waals surface area contributed by atoms with E-state index < -0.39 is 0 Å². The molecule has 6 heteroatoms. The summed E-state index contributed by atoms with van der Waals surface area (Å²) in [5.41, 5.74) is 2.81. The number of carbonyl (C=O) groups excluding carboxylic acids is 2. The number of benzene rings is 2. The van der Waals surface area contributed by atoms with Gasteiger partial charge in [-0.3, -0.25) is 9.59 Å². The molecule has 0 spiro atoms. The summed E-state index contributed by atoms with van der Waals surface area (Å²) in [4.78, 5) is 28.7. The Balaban J connectivity index is 1.29. The molecule has 1 aliphatic heterocycles. The van der Waals surface area contributed by atoms with Crippen LogP contribution in [0.5, 0.6) is 0 Å². The van der Waals surface area contributed by atoms with Crippen LogP contribution in [0.4, 0.5) is 11.4 Å². The van der Waals surface area contributed by atoms with E-state index in [9.17, 15) is 9.59 Å². The number of amides is 2. The van der Waals surface area contributed by atoms with Crippen LogP contribution in [-0.4, -0.2) is 42.9 Å². The summed E-state index contributed by atoms with van der Waals surface area (Å²) < 4.78 is 5.79. The molecule has 2 heterocycles. The van der Waals surface area contributed by atoms with E-state index in [-0.39, 0.29) is 17.7 Å². The fourth-order valence-electron chi connectivity index (χ4n) is 3.85. The number of hydrogen-bond acceptors (Lipinski definition) is 4. The Bertz CT molecular complexity index is 1110. The molecule has 33 heavy (non-hydrogen) atoms. The number of anilines is 2. The molecule has 1 aliphatic rings. The van der Waals surface area contributed by atoms with Crippen molar-refractivity contribution in [3.63, 3.8) is 0 Å². The predicted octanol–water partition coefficient (Wildman–Crippen LogP) is 4.90. The maximum atomic E-state index is 12.3. The van der Waals surface area contributed by atoms with Crippen molar-refractivity contribution in [2.24, 2.45) is 5.92 Å². The van der Waals surface area contributed by atoms with Gasteiger partial charge in [-0.1, -0.05) is 44.2 Å². The van der Waals surface area contributed by atoms with E-state index >= 15 is 0 Å². The first-order valence-electron chi connectivity index (χ1n) is 11.3. The Morgan fingerprint density at radius 2 is 1.61 bits per heavy atom. The predicted molar refractivity (Wildman–Crippen MR) is 132 cm³/mol. The van der Waals surface area contributed by atoms with E-state index in [0.717, 1.165) is 48.9 Å². The zero-order valence-corrected chi connectivity index (χ0v) is 19.0. The van der Waals surface area contributed by atoms with Gasteiger partial charge in [0.05, 0.1) is 0 Å². The van der Waals surface area contributed by atoms with Gasteiger partial charge < -0.3 is 19.5 Å². The molecule has 1 N–H and O–H groups in total. The number of rotatable bonds is 6. The topological polar surface area (TPSA) is 65.8 Å².